The quantitative estimate of drug-likeness (QED) is 0.519. The lowest BCUT2D eigenvalue weighted by atomic mass is 9.80. The van der Waals surface area contributed by atoms with Crippen LogP contribution in [0.5, 0.6) is 5.75 Å². The summed E-state index contributed by atoms with van der Waals surface area (Å²) in [4.78, 5) is 12.7. The van der Waals surface area contributed by atoms with Gasteiger partial charge in [0.25, 0.3) is 5.91 Å². The topological polar surface area (TPSA) is 56.1 Å². The second-order valence-electron chi connectivity index (χ2n) is 8.50. The van der Waals surface area contributed by atoms with Crippen molar-refractivity contribution in [3.8, 4) is 5.75 Å². The van der Waals surface area contributed by atoms with Crippen molar-refractivity contribution in [3.05, 3.63) is 53.2 Å². The normalized spacial score (nSPS) is 19.2. The second-order valence-corrected chi connectivity index (χ2v) is 8.93. The average molecular weight is 426 g/mol. The lowest BCUT2D eigenvalue weighted by molar-refractivity contribution is 0.102. The fraction of sp³-hybridized carbons (Fsp3) is 0.417. The molecule has 1 aliphatic carbocycles. The van der Waals surface area contributed by atoms with Crippen LogP contribution in [0, 0.1) is 11.8 Å². The van der Waals surface area contributed by atoms with Crippen molar-refractivity contribution in [2.45, 2.75) is 45.6 Å². The third-order valence-corrected chi connectivity index (χ3v) is 6.47. The number of hydrogen-bond acceptors (Lipinski definition) is 3. The first-order chi connectivity index (χ1) is 14.4. The van der Waals surface area contributed by atoms with Crippen molar-refractivity contribution in [1.29, 1.82) is 0 Å². The zero-order valence-corrected chi connectivity index (χ0v) is 18.4. The number of carbonyl (C=O) groups excluding carboxylic acids is 1. The van der Waals surface area contributed by atoms with Gasteiger partial charge in [-0.15, -0.1) is 0 Å². The van der Waals surface area contributed by atoms with Gasteiger partial charge in [-0.3, -0.25) is 9.48 Å². The lowest BCUT2D eigenvalue weighted by Gasteiger charge is -2.30. The minimum absolute atomic E-state index is 0.227. The number of benzene rings is 2. The number of methoxy groups -OCH3 is 1. The molecule has 30 heavy (non-hydrogen) atoms. The summed E-state index contributed by atoms with van der Waals surface area (Å²) in [6.07, 6.45) is 6.91. The Balaban J connectivity index is 1.57. The van der Waals surface area contributed by atoms with Gasteiger partial charge in [0.05, 0.1) is 24.4 Å². The van der Waals surface area contributed by atoms with E-state index in [9.17, 15) is 4.79 Å². The Hall–Kier alpha value is -2.53. The van der Waals surface area contributed by atoms with Crippen LogP contribution in [0.2, 0.25) is 5.02 Å². The molecule has 0 spiro atoms. The number of hydrogen-bond donors (Lipinski definition) is 1. The van der Waals surface area contributed by atoms with E-state index < -0.39 is 0 Å². The van der Waals surface area contributed by atoms with Crippen LogP contribution in [0.25, 0.3) is 10.9 Å². The zero-order chi connectivity index (χ0) is 21.3. The molecule has 5 nitrogen and oxygen atoms in total. The standard InChI is InChI=1S/C24H28ClN3O2/c1-15(2)16-7-9-20(10-8-16)28-14-18-12-22(23(30-3)13-21(18)27-28)26-24(29)17-5-4-6-19(25)11-17/h4-6,11-16,20H,7-10H2,1-3H3,(H,26,29). The molecule has 1 fully saturated rings. The number of carbonyl (C=O) groups is 1. The Morgan fingerprint density at radius 3 is 2.63 bits per heavy atom. The number of nitrogens with one attached hydrogen (secondary N) is 1. The minimum atomic E-state index is -0.227. The highest BCUT2D eigenvalue weighted by atomic mass is 35.5. The molecule has 0 radical (unpaired) electrons. The monoisotopic (exact) mass is 425 g/mol. The van der Waals surface area contributed by atoms with E-state index in [0.29, 0.717) is 28.1 Å². The molecule has 4 rings (SSSR count). The molecule has 0 aliphatic heterocycles. The Bertz CT molecular complexity index is 1050. The molecular weight excluding hydrogens is 398 g/mol. The van der Waals surface area contributed by atoms with E-state index in [0.717, 1.165) is 35.6 Å². The first-order valence-electron chi connectivity index (χ1n) is 10.6. The third kappa shape index (κ3) is 4.31. The van der Waals surface area contributed by atoms with E-state index in [1.165, 1.54) is 12.8 Å². The predicted molar refractivity (Wildman–Crippen MR) is 122 cm³/mol. The van der Waals surface area contributed by atoms with Crippen molar-refractivity contribution >= 4 is 34.1 Å². The maximum absolute atomic E-state index is 12.7. The SMILES string of the molecule is COc1cc2nn(C3CCC(C(C)C)CC3)cc2cc1NC(=O)c1cccc(Cl)c1. The maximum Gasteiger partial charge on any atom is 0.255 e. The highest BCUT2D eigenvalue weighted by Crippen LogP contribution is 2.37. The number of halogens is 1. The van der Waals surface area contributed by atoms with Crippen LogP contribution in [0.3, 0.4) is 0 Å². The summed E-state index contributed by atoms with van der Waals surface area (Å²) in [7, 11) is 1.60. The van der Waals surface area contributed by atoms with Gasteiger partial charge in [0.15, 0.2) is 0 Å². The Morgan fingerprint density at radius 1 is 1.20 bits per heavy atom. The number of amides is 1. The number of ether oxygens (including phenoxy) is 1. The van der Waals surface area contributed by atoms with Crippen LogP contribution < -0.4 is 10.1 Å². The fourth-order valence-electron chi connectivity index (χ4n) is 4.38. The molecule has 0 saturated heterocycles. The molecular formula is C24H28ClN3O2. The van der Waals surface area contributed by atoms with Crippen molar-refractivity contribution in [1.82, 2.24) is 9.78 Å². The van der Waals surface area contributed by atoms with Crippen LogP contribution in [0.15, 0.2) is 42.6 Å². The van der Waals surface area contributed by atoms with E-state index in [4.69, 9.17) is 21.4 Å². The van der Waals surface area contributed by atoms with Crippen molar-refractivity contribution in [3.63, 3.8) is 0 Å². The Kier molecular flexibility index (Phi) is 6.00. The summed E-state index contributed by atoms with van der Waals surface area (Å²) >= 11 is 6.02. The molecule has 0 atom stereocenters. The van der Waals surface area contributed by atoms with Crippen LogP contribution >= 0.6 is 11.6 Å². The van der Waals surface area contributed by atoms with Crippen LogP contribution in [0.4, 0.5) is 5.69 Å². The molecule has 1 heterocycles. The largest absolute Gasteiger partial charge is 0.494 e. The van der Waals surface area contributed by atoms with Gasteiger partial charge in [-0.1, -0.05) is 31.5 Å². The molecule has 6 heteroatoms. The summed E-state index contributed by atoms with van der Waals surface area (Å²) in [6.45, 7) is 4.64. The van der Waals surface area contributed by atoms with Gasteiger partial charge < -0.3 is 10.1 Å². The van der Waals surface area contributed by atoms with E-state index in [1.807, 2.05) is 12.1 Å². The van der Waals surface area contributed by atoms with E-state index >= 15 is 0 Å². The molecule has 1 aliphatic rings. The fourth-order valence-corrected chi connectivity index (χ4v) is 4.57. The van der Waals surface area contributed by atoms with Gasteiger partial charge in [0.2, 0.25) is 0 Å². The zero-order valence-electron chi connectivity index (χ0n) is 17.7. The second kappa shape index (κ2) is 8.68. The molecule has 2 aromatic carbocycles. The number of aromatic nitrogens is 2. The van der Waals surface area contributed by atoms with Crippen molar-refractivity contribution < 1.29 is 9.53 Å². The van der Waals surface area contributed by atoms with Crippen LogP contribution in [-0.4, -0.2) is 22.8 Å². The summed E-state index contributed by atoms with van der Waals surface area (Å²) in [5.41, 5.74) is 2.00. The number of anilines is 1. The summed E-state index contributed by atoms with van der Waals surface area (Å²) in [6, 6.07) is 11.1. The molecule has 0 bridgehead atoms. The molecule has 1 saturated carbocycles. The molecule has 1 amide bonds. The highest BCUT2D eigenvalue weighted by Gasteiger charge is 2.25. The van der Waals surface area contributed by atoms with E-state index in [2.05, 4.69) is 30.0 Å². The lowest BCUT2D eigenvalue weighted by Crippen LogP contribution is -2.21. The van der Waals surface area contributed by atoms with Gasteiger partial charge in [-0.05, 0) is 61.8 Å². The smallest absolute Gasteiger partial charge is 0.255 e. The molecule has 3 aromatic rings. The molecule has 1 aromatic heterocycles. The van der Waals surface area contributed by atoms with Crippen LogP contribution in [-0.2, 0) is 0 Å². The number of fused-ring (bicyclic) bond motifs is 1. The first kappa shape index (κ1) is 20.7. The molecule has 158 valence electrons. The average Bonchev–Trinajstić information content (AvgIpc) is 3.16. The summed E-state index contributed by atoms with van der Waals surface area (Å²) in [5, 5.41) is 9.27. The van der Waals surface area contributed by atoms with Crippen molar-refractivity contribution in [2.75, 3.05) is 12.4 Å². The summed E-state index contributed by atoms with van der Waals surface area (Å²) < 4.78 is 7.62. The first-order valence-corrected chi connectivity index (χ1v) is 11.0. The van der Waals surface area contributed by atoms with Gasteiger partial charge in [-0.2, -0.15) is 5.10 Å². The summed E-state index contributed by atoms with van der Waals surface area (Å²) in [5.74, 6) is 1.93. The van der Waals surface area contributed by atoms with Crippen LogP contribution in [0.1, 0.15) is 55.9 Å². The minimum Gasteiger partial charge on any atom is -0.494 e. The van der Waals surface area contributed by atoms with Gasteiger partial charge in [0.1, 0.15) is 5.75 Å². The maximum atomic E-state index is 12.7. The van der Waals surface area contributed by atoms with Gasteiger partial charge in [0, 0.05) is 28.2 Å². The van der Waals surface area contributed by atoms with Gasteiger partial charge in [-0.25, -0.2) is 0 Å². The van der Waals surface area contributed by atoms with E-state index in [1.54, 1.807) is 31.4 Å². The Morgan fingerprint density at radius 2 is 1.97 bits per heavy atom. The van der Waals surface area contributed by atoms with Crippen molar-refractivity contribution in [2.24, 2.45) is 11.8 Å². The number of rotatable bonds is 5. The Labute approximate surface area is 182 Å². The molecule has 1 N–H and O–H groups in total. The highest BCUT2D eigenvalue weighted by molar-refractivity contribution is 6.31. The third-order valence-electron chi connectivity index (χ3n) is 6.24. The van der Waals surface area contributed by atoms with E-state index in [-0.39, 0.29) is 5.91 Å². The van der Waals surface area contributed by atoms with Gasteiger partial charge >= 0.3 is 0 Å². The molecule has 0 unspecified atom stereocenters. The number of nitrogens with zero attached hydrogens (tertiary/aromatic N) is 2. The predicted octanol–water partition coefficient (Wildman–Crippen LogP) is 6.34.